The van der Waals surface area contributed by atoms with Crippen LogP contribution in [0.3, 0.4) is 0 Å². The van der Waals surface area contributed by atoms with E-state index in [2.05, 4.69) is 70.0 Å². The minimum atomic E-state index is 0.110. The first-order valence-corrected chi connectivity index (χ1v) is 13.1. The van der Waals surface area contributed by atoms with Crippen LogP contribution in [0.4, 0.5) is 0 Å². The van der Waals surface area contributed by atoms with E-state index in [9.17, 15) is 0 Å². The van der Waals surface area contributed by atoms with Crippen LogP contribution in [0.25, 0.3) is 0 Å². The van der Waals surface area contributed by atoms with E-state index in [1.165, 1.54) is 10.6 Å². The second-order valence-electron chi connectivity index (χ2n) is 3.43. The van der Waals surface area contributed by atoms with Crippen LogP contribution in [0.5, 0.6) is 0 Å². The molecule has 16 heavy (non-hydrogen) atoms. The Bertz CT molecular complexity index is 335. The van der Waals surface area contributed by atoms with Crippen molar-refractivity contribution in [3.8, 4) is 0 Å². The molecule has 0 unspecified atom stereocenters. The van der Waals surface area contributed by atoms with Gasteiger partial charge in [0, 0.05) is 0 Å². The van der Waals surface area contributed by atoms with Crippen LogP contribution in [0, 0.1) is 0 Å². The Morgan fingerprint density at radius 3 is 1.31 bits per heavy atom. The first-order chi connectivity index (χ1) is 7.86. The van der Waals surface area contributed by atoms with Gasteiger partial charge in [-0.3, -0.25) is 0 Å². The third-order valence-corrected chi connectivity index (χ3v) is 3.08. The fourth-order valence-electron chi connectivity index (χ4n) is 1.21. The molecule has 0 saturated heterocycles. The van der Waals surface area contributed by atoms with Gasteiger partial charge in [0.15, 0.2) is 0 Å². The van der Waals surface area contributed by atoms with Crippen LogP contribution >= 0.6 is 8.58 Å². The van der Waals surface area contributed by atoms with Gasteiger partial charge in [-0.05, 0) is 10.6 Å². The number of rotatable bonds is 2. The number of hydrogen-bond acceptors (Lipinski definition) is 0. The van der Waals surface area contributed by atoms with Gasteiger partial charge in [0.05, 0.1) is 0 Å². The van der Waals surface area contributed by atoms with E-state index in [1.807, 2.05) is 0 Å². The van der Waals surface area contributed by atoms with E-state index in [0.717, 1.165) is 8.58 Å². The molecule has 2 aromatic carbocycles. The standard InChI is InChI=1S/C12H11P.2CH3.In/c1-3-7-11(8-4-1)13-12-9-5-2-6-10-12;;;/h1-10,13H;2*1H3;. The van der Waals surface area contributed by atoms with Crippen molar-refractivity contribution in [2.45, 2.75) is 9.36 Å². The molecule has 0 bridgehead atoms. The summed E-state index contributed by atoms with van der Waals surface area (Å²) in [5.41, 5.74) is 0. The Labute approximate surface area is 112 Å². The Balaban J connectivity index is 0.000000386. The summed E-state index contributed by atoms with van der Waals surface area (Å²) in [7, 11) is 0.777. The fourth-order valence-corrected chi connectivity index (χ4v) is 2.26. The monoisotopic (exact) mass is 331 g/mol. The second-order valence-corrected chi connectivity index (χ2v) is 8.13. The smallest absolute Gasteiger partial charge is 0.0226 e. The quantitative estimate of drug-likeness (QED) is 0.742. The molecule has 0 nitrogen and oxygen atoms in total. The summed E-state index contributed by atoms with van der Waals surface area (Å²) in [6.45, 7) is 0. The van der Waals surface area contributed by atoms with Gasteiger partial charge in [-0.1, -0.05) is 69.2 Å². The van der Waals surface area contributed by atoms with Gasteiger partial charge >= 0.3 is 32.3 Å². The minimum absolute atomic E-state index is 0.110. The molecule has 2 aromatic rings. The average Bonchev–Trinajstić information content (AvgIpc) is 2.33. The largest absolute Gasteiger partial charge is 0.0622 e. The van der Waals surface area contributed by atoms with Crippen molar-refractivity contribution < 1.29 is 0 Å². The summed E-state index contributed by atoms with van der Waals surface area (Å²) in [5.74, 6) is 0. The predicted octanol–water partition coefficient (Wildman–Crippen LogP) is 3.10. The van der Waals surface area contributed by atoms with E-state index in [1.54, 1.807) is 0 Å². The maximum atomic E-state index is 2.32. The molecule has 0 spiro atoms. The van der Waals surface area contributed by atoms with Crippen molar-refractivity contribution in [1.29, 1.82) is 0 Å². The van der Waals surface area contributed by atoms with Crippen molar-refractivity contribution in [3.05, 3.63) is 60.7 Å². The molecule has 0 aliphatic heterocycles. The molecule has 0 N–H and O–H groups in total. The molecule has 0 aliphatic carbocycles. The zero-order valence-electron chi connectivity index (χ0n) is 9.85. The minimum Gasteiger partial charge on any atom is -0.0622 e. The van der Waals surface area contributed by atoms with Gasteiger partial charge in [-0.25, -0.2) is 0 Å². The van der Waals surface area contributed by atoms with E-state index in [4.69, 9.17) is 0 Å². The summed E-state index contributed by atoms with van der Waals surface area (Å²) in [4.78, 5) is 0. The number of hydrogen-bond donors (Lipinski definition) is 0. The normalized spacial score (nSPS) is 8.88. The van der Waals surface area contributed by atoms with Crippen molar-refractivity contribution >= 4 is 42.1 Å². The topological polar surface area (TPSA) is 0 Å². The molecule has 2 heteroatoms. The number of benzene rings is 2. The molecule has 0 atom stereocenters. The van der Waals surface area contributed by atoms with Gasteiger partial charge < -0.3 is 0 Å². The fraction of sp³-hybridized carbons (Fsp3) is 0.143. The van der Waals surface area contributed by atoms with Crippen molar-refractivity contribution in [2.75, 3.05) is 0 Å². The Kier molecular flexibility index (Phi) is 7.63. The molecular weight excluding hydrogens is 314 g/mol. The Morgan fingerprint density at radius 1 is 0.688 bits per heavy atom. The summed E-state index contributed by atoms with van der Waals surface area (Å²) >= 11 is 0.110. The average molecular weight is 331 g/mol. The SMILES string of the molecule is [CH3][In][CH3].c1ccc(Pc2ccccc2)cc1. The van der Waals surface area contributed by atoms with E-state index in [-0.39, 0.29) is 22.9 Å². The molecule has 0 aromatic heterocycles. The summed E-state index contributed by atoms with van der Waals surface area (Å²) in [5, 5.41) is 2.79. The Morgan fingerprint density at radius 2 is 1.00 bits per heavy atom. The van der Waals surface area contributed by atoms with Crippen molar-refractivity contribution in [1.82, 2.24) is 0 Å². The second kappa shape index (κ2) is 8.84. The van der Waals surface area contributed by atoms with Crippen molar-refractivity contribution in [2.24, 2.45) is 0 Å². The van der Waals surface area contributed by atoms with Gasteiger partial charge in [0.25, 0.3) is 0 Å². The van der Waals surface area contributed by atoms with E-state index < -0.39 is 0 Å². The van der Waals surface area contributed by atoms with Crippen LogP contribution in [0.2, 0.25) is 9.36 Å². The zero-order valence-corrected chi connectivity index (χ0v) is 14.1. The summed E-state index contributed by atoms with van der Waals surface area (Å²) in [6, 6.07) is 21.2. The van der Waals surface area contributed by atoms with Crippen molar-refractivity contribution in [3.63, 3.8) is 0 Å². The van der Waals surface area contributed by atoms with Gasteiger partial charge in [0.2, 0.25) is 0 Å². The maximum Gasteiger partial charge on any atom is -0.0226 e. The van der Waals surface area contributed by atoms with Gasteiger partial charge in [-0.15, -0.1) is 0 Å². The van der Waals surface area contributed by atoms with Crippen LogP contribution in [-0.4, -0.2) is 22.9 Å². The van der Waals surface area contributed by atoms with E-state index >= 15 is 0 Å². The first-order valence-electron chi connectivity index (χ1n) is 5.48. The molecule has 0 heterocycles. The molecule has 81 valence electrons. The summed E-state index contributed by atoms with van der Waals surface area (Å²) in [6.07, 6.45) is 0. The zero-order chi connectivity index (χ0) is 11.6. The van der Waals surface area contributed by atoms with Crippen LogP contribution < -0.4 is 10.6 Å². The Hall–Kier alpha value is -0.260. The molecule has 0 amide bonds. The third-order valence-electron chi connectivity index (χ3n) is 1.84. The van der Waals surface area contributed by atoms with E-state index in [0.29, 0.717) is 0 Å². The maximum absolute atomic E-state index is 2.32. The molecule has 0 fully saturated rings. The molecule has 0 saturated carbocycles. The molecule has 0 aliphatic rings. The molecular formula is C14H17InP. The van der Waals surface area contributed by atoms with Crippen LogP contribution in [-0.2, 0) is 0 Å². The predicted molar refractivity (Wildman–Crippen MR) is 77.9 cm³/mol. The molecule has 2 rings (SSSR count). The van der Waals surface area contributed by atoms with Gasteiger partial charge in [-0.2, -0.15) is 0 Å². The van der Waals surface area contributed by atoms with Crippen LogP contribution in [0.15, 0.2) is 60.7 Å². The van der Waals surface area contributed by atoms with Gasteiger partial charge in [0.1, 0.15) is 0 Å². The summed E-state index contributed by atoms with van der Waals surface area (Å²) < 4.78 is 4.63. The third kappa shape index (κ3) is 5.72. The molecule has 1 radical (unpaired) electrons. The van der Waals surface area contributed by atoms with Crippen LogP contribution in [0.1, 0.15) is 0 Å². The first kappa shape index (κ1) is 13.8.